The number of hydrogen-bond donors (Lipinski definition) is 2. The molecule has 21 heavy (non-hydrogen) atoms. The molecule has 2 atom stereocenters. The van der Waals surface area contributed by atoms with E-state index >= 15 is 0 Å². The molecule has 8 heteroatoms. The molecule has 0 aromatic heterocycles. The lowest BCUT2D eigenvalue weighted by atomic mass is 10.0. The minimum atomic E-state index is -3.39. The fourth-order valence-corrected chi connectivity index (χ4v) is 3.82. The van der Waals surface area contributed by atoms with Gasteiger partial charge in [-0.1, -0.05) is 6.42 Å². The number of nitrogens with zero attached hydrogens (tertiary/aromatic N) is 2. The summed E-state index contributed by atoms with van der Waals surface area (Å²) >= 11 is 0. The number of piperidine rings is 1. The third kappa shape index (κ3) is 5.90. The van der Waals surface area contributed by atoms with Crippen LogP contribution in [0, 0.1) is 0 Å². The van der Waals surface area contributed by atoms with Crippen molar-refractivity contribution in [3.8, 4) is 0 Å². The summed E-state index contributed by atoms with van der Waals surface area (Å²) in [6, 6.07) is -0.663. The molecular weight excluding hydrogens is 294 g/mol. The van der Waals surface area contributed by atoms with E-state index in [2.05, 4.69) is 5.32 Å². The Morgan fingerprint density at radius 2 is 2.05 bits per heavy atom. The van der Waals surface area contributed by atoms with Crippen LogP contribution in [0.15, 0.2) is 0 Å². The van der Waals surface area contributed by atoms with Crippen molar-refractivity contribution >= 4 is 15.9 Å². The number of aliphatic hydroxyl groups is 1. The van der Waals surface area contributed by atoms with Crippen LogP contribution in [-0.4, -0.2) is 80.3 Å². The Kier molecular flexibility index (Phi) is 6.15. The van der Waals surface area contributed by atoms with E-state index in [-0.39, 0.29) is 12.5 Å². The number of amides is 1. The van der Waals surface area contributed by atoms with Crippen LogP contribution in [0.2, 0.25) is 0 Å². The van der Waals surface area contributed by atoms with E-state index in [0.29, 0.717) is 19.5 Å². The normalized spacial score (nSPS) is 23.8. The maximum atomic E-state index is 12.2. The van der Waals surface area contributed by atoms with Crippen LogP contribution < -0.4 is 5.32 Å². The van der Waals surface area contributed by atoms with Crippen LogP contribution in [0.1, 0.15) is 26.2 Å². The zero-order valence-corrected chi connectivity index (χ0v) is 14.1. The highest BCUT2D eigenvalue weighted by molar-refractivity contribution is 7.88. The molecule has 1 heterocycles. The molecular formula is C13H27N3O4S. The molecule has 0 radical (unpaired) electrons. The van der Waals surface area contributed by atoms with E-state index in [0.717, 1.165) is 19.1 Å². The van der Waals surface area contributed by atoms with Gasteiger partial charge in [0.2, 0.25) is 15.9 Å². The molecule has 2 unspecified atom stereocenters. The van der Waals surface area contributed by atoms with Crippen molar-refractivity contribution in [2.24, 2.45) is 0 Å². The van der Waals surface area contributed by atoms with Crippen molar-refractivity contribution in [3.05, 3.63) is 0 Å². The molecule has 1 fully saturated rings. The second-order valence-corrected chi connectivity index (χ2v) is 8.27. The molecule has 0 aromatic rings. The summed E-state index contributed by atoms with van der Waals surface area (Å²) in [5.41, 5.74) is -1.05. The lowest BCUT2D eigenvalue weighted by molar-refractivity contribution is -0.127. The first-order valence-electron chi connectivity index (χ1n) is 7.14. The summed E-state index contributed by atoms with van der Waals surface area (Å²) < 4.78 is 24.7. The molecule has 0 bridgehead atoms. The van der Waals surface area contributed by atoms with Crippen LogP contribution in [0.25, 0.3) is 0 Å². The second-order valence-electron chi connectivity index (χ2n) is 6.34. The number of carbonyl (C=O) groups excluding carboxylic acids is 1. The molecule has 124 valence electrons. The monoisotopic (exact) mass is 321 g/mol. The lowest BCUT2D eigenvalue weighted by Crippen LogP contribution is -2.54. The standard InChI is InChI=1S/C13H27N3O4S/c1-13(18,10-15(2)3)9-14-12(17)11-7-5-6-8-16(11)21(4,19)20/h11,18H,5-10H2,1-4H3,(H,14,17). The number of sulfonamides is 1. The molecule has 1 amide bonds. The minimum Gasteiger partial charge on any atom is -0.387 e. The van der Waals surface area contributed by atoms with Crippen molar-refractivity contribution in [3.63, 3.8) is 0 Å². The fourth-order valence-electron chi connectivity index (χ4n) is 2.70. The molecule has 0 saturated carbocycles. The molecule has 7 nitrogen and oxygen atoms in total. The summed E-state index contributed by atoms with van der Waals surface area (Å²) in [7, 11) is 0.281. The van der Waals surface area contributed by atoms with Crippen molar-refractivity contribution in [2.75, 3.05) is 40.0 Å². The van der Waals surface area contributed by atoms with E-state index in [1.807, 2.05) is 19.0 Å². The molecule has 1 saturated heterocycles. The van der Waals surface area contributed by atoms with E-state index in [1.54, 1.807) is 6.92 Å². The maximum Gasteiger partial charge on any atom is 0.238 e. The van der Waals surface area contributed by atoms with Gasteiger partial charge < -0.3 is 15.3 Å². The summed E-state index contributed by atoms with van der Waals surface area (Å²) in [6.45, 7) is 2.53. The predicted molar refractivity (Wildman–Crippen MR) is 81.4 cm³/mol. The topological polar surface area (TPSA) is 89.9 Å². The van der Waals surface area contributed by atoms with Gasteiger partial charge in [-0.05, 0) is 33.9 Å². The van der Waals surface area contributed by atoms with Crippen LogP contribution in [-0.2, 0) is 14.8 Å². The van der Waals surface area contributed by atoms with Crippen LogP contribution in [0.5, 0.6) is 0 Å². The van der Waals surface area contributed by atoms with Crippen molar-refractivity contribution < 1.29 is 18.3 Å². The number of nitrogens with one attached hydrogen (secondary N) is 1. The first-order valence-corrected chi connectivity index (χ1v) is 8.99. The third-order valence-electron chi connectivity index (χ3n) is 3.48. The number of likely N-dealkylation sites (N-methyl/N-ethyl adjacent to an activating group) is 1. The van der Waals surface area contributed by atoms with Gasteiger partial charge in [0.15, 0.2) is 0 Å². The molecule has 1 rings (SSSR count). The number of rotatable bonds is 6. The average molecular weight is 321 g/mol. The summed E-state index contributed by atoms with van der Waals surface area (Å²) in [4.78, 5) is 14.1. The molecule has 0 aliphatic carbocycles. The zero-order valence-electron chi connectivity index (χ0n) is 13.3. The maximum absolute atomic E-state index is 12.2. The zero-order chi connectivity index (χ0) is 16.3. The van der Waals surface area contributed by atoms with Crippen LogP contribution in [0.4, 0.5) is 0 Å². The Balaban J connectivity index is 2.65. The smallest absolute Gasteiger partial charge is 0.238 e. The summed E-state index contributed by atoms with van der Waals surface area (Å²) in [5, 5.41) is 12.8. The quantitative estimate of drug-likeness (QED) is 0.670. The van der Waals surface area contributed by atoms with Crippen LogP contribution in [0.3, 0.4) is 0 Å². The van der Waals surface area contributed by atoms with Gasteiger partial charge in [0, 0.05) is 19.6 Å². The first kappa shape index (κ1) is 18.3. The number of carbonyl (C=O) groups is 1. The Morgan fingerprint density at radius 3 is 2.57 bits per heavy atom. The SMILES string of the molecule is CN(C)CC(C)(O)CNC(=O)C1CCCCN1S(C)(=O)=O. The molecule has 2 N–H and O–H groups in total. The Morgan fingerprint density at radius 1 is 1.43 bits per heavy atom. The van der Waals surface area contributed by atoms with Gasteiger partial charge in [-0.25, -0.2) is 8.42 Å². The van der Waals surface area contributed by atoms with Gasteiger partial charge in [0.05, 0.1) is 11.9 Å². The summed E-state index contributed by atoms with van der Waals surface area (Å²) in [5.74, 6) is -0.334. The molecule has 0 spiro atoms. The van der Waals surface area contributed by atoms with Gasteiger partial charge in [-0.15, -0.1) is 0 Å². The summed E-state index contributed by atoms with van der Waals surface area (Å²) in [6.07, 6.45) is 3.25. The van der Waals surface area contributed by atoms with E-state index in [4.69, 9.17) is 0 Å². The second kappa shape index (κ2) is 7.04. The van der Waals surface area contributed by atoms with Crippen LogP contribution >= 0.6 is 0 Å². The first-order chi connectivity index (χ1) is 9.53. The minimum absolute atomic E-state index is 0.0954. The fraction of sp³-hybridized carbons (Fsp3) is 0.923. The van der Waals surface area contributed by atoms with E-state index in [1.165, 1.54) is 4.31 Å². The molecule has 1 aliphatic heterocycles. The van der Waals surface area contributed by atoms with E-state index in [9.17, 15) is 18.3 Å². The highest BCUT2D eigenvalue weighted by Gasteiger charge is 2.35. The highest BCUT2D eigenvalue weighted by atomic mass is 32.2. The molecule has 0 aromatic carbocycles. The van der Waals surface area contributed by atoms with Gasteiger partial charge >= 0.3 is 0 Å². The van der Waals surface area contributed by atoms with Gasteiger partial charge in [0.1, 0.15) is 6.04 Å². The van der Waals surface area contributed by atoms with Crippen molar-refractivity contribution in [1.82, 2.24) is 14.5 Å². The highest BCUT2D eigenvalue weighted by Crippen LogP contribution is 2.20. The average Bonchev–Trinajstić information content (AvgIpc) is 2.33. The lowest BCUT2D eigenvalue weighted by Gasteiger charge is -2.34. The van der Waals surface area contributed by atoms with Gasteiger partial charge in [-0.3, -0.25) is 4.79 Å². The Hall–Kier alpha value is -0.700. The van der Waals surface area contributed by atoms with Crippen molar-refractivity contribution in [1.29, 1.82) is 0 Å². The largest absolute Gasteiger partial charge is 0.387 e. The Bertz CT molecular complexity index is 462. The number of hydrogen-bond acceptors (Lipinski definition) is 5. The molecule has 1 aliphatic rings. The van der Waals surface area contributed by atoms with Gasteiger partial charge in [0.25, 0.3) is 0 Å². The predicted octanol–water partition coefficient (Wildman–Crippen LogP) is -0.771. The third-order valence-corrected chi connectivity index (χ3v) is 4.77. The van der Waals surface area contributed by atoms with Crippen molar-refractivity contribution in [2.45, 2.75) is 37.8 Å². The Labute approximate surface area is 127 Å². The van der Waals surface area contributed by atoms with Gasteiger partial charge in [-0.2, -0.15) is 4.31 Å². The van der Waals surface area contributed by atoms with E-state index < -0.39 is 21.7 Å².